The maximum Gasteiger partial charge on any atom is 0.272 e. The third-order valence-corrected chi connectivity index (χ3v) is 3.30. The number of anilines is 2. The molecule has 1 aromatic heterocycles. The largest absolute Gasteiger partial charge is 0.340 e. The Morgan fingerprint density at radius 3 is 2.64 bits per heavy atom. The lowest BCUT2D eigenvalue weighted by atomic mass is 10.2. The van der Waals surface area contributed by atoms with Crippen molar-refractivity contribution in [3.8, 4) is 0 Å². The van der Waals surface area contributed by atoms with Crippen LogP contribution in [0.25, 0.3) is 0 Å². The standard InChI is InChI=1S/C17H22N4O/c1-4-5-11-21(3)16(22)15-12-13(2)18-17(20-15)19-14-9-7-6-8-10-14/h6-10,12H,4-5,11H2,1-3H3,(H,18,19,20). The van der Waals surface area contributed by atoms with E-state index >= 15 is 0 Å². The fraction of sp³-hybridized carbons (Fsp3) is 0.353. The minimum atomic E-state index is -0.0740. The Labute approximate surface area is 131 Å². The molecule has 0 fully saturated rings. The molecule has 116 valence electrons. The average molecular weight is 298 g/mol. The number of nitrogens with one attached hydrogen (secondary N) is 1. The van der Waals surface area contributed by atoms with E-state index in [2.05, 4.69) is 22.2 Å². The molecule has 22 heavy (non-hydrogen) atoms. The van der Waals surface area contributed by atoms with Crippen molar-refractivity contribution in [2.24, 2.45) is 0 Å². The van der Waals surface area contributed by atoms with Crippen molar-refractivity contribution in [2.45, 2.75) is 26.7 Å². The summed E-state index contributed by atoms with van der Waals surface area (Å²) in [5.41, 5.74) is 2.08. The molecule has 2 rings (SSSR count). The van der Waals surface area contributed by atoms with Crippen LogP contribution in [0.5, 0.6) is 0 Å². The van der Waals surface area contributed by atoms with E-state index in [1.165, 1.54) is 0 Å². The Bertz CT molecular complexity index is 628. The normalized spacial score (nSPS) is 10.3. The maximum atomic E-state index is 12.4. The van der Waals surface area contributed by atoms with Crippen molar-refractivity contribution >= 4 is 17.5 Å². The second-order valence-corrected chi connectivity index (χ2v) is 5.29. The summed E-state index contributed by atoms with van der Waals surface area (Å²) in [5, 5.41) is 3.13. The number of benzene rings is 1. The molecule has 0 aliphatic rings. The minimum Gasteiger partial charge on any atom is -0.340 e. The van der Waals surface area contributed by atoms with Gasteiger partial charge in [-0.1, -0.05) is 31.5 Å². The van der Waals surface area contributed by atoms with E-state index in [1.54, 1.807) is 18.0 Å². The van der Waals surface area contributed by atoms with Gasteiger partial charge in [-0.3, -0.25) is 4.79 Å². The van der Waals surface area contributed by atoms with Crippen LogP contribution in [0.2, 0.25) is 0 Å². The highest BCUT2D eigenvalue weighted by Gasteiger charge is 2.15. The maximum absolute atomic E-state index is 12.4. The van der Waals surface area contributed by atoms with Gasteiger partial charge in [-0.15, -0.1) is 0 Å². The van der Waals surface area contributed by atoms with Crippen LogP contribution in [0, 0.1) is 6.92 Å². The molecule has 0 aliphatic heterocycles. The van der Waals surface area contributed by atoms with Crippen LogP contribution in [0.3, 0.4) is 0 Å². The van der Waals surface area contributed by atoms with Crippen LogP contribution in [0.4, 0.5) is 11.6 Å². The van der Waals surface area contributed by atoms with Crippen molar-refractivity contribution in [1.82, 2.24) is 14.9 Å². The van der Waals surface area contributed by atoms with Crippen molar-refractivity contribution in [2.75, 3.05) is 18.9 Å². The fourth-order valence-corrected chi connectivity index (χ4v) is 2.08. The number of amides is 1. The van der Waals surface area contributed by atoms with Crippen LogP contribution in [0.1, 0.15) is 35.9 Å². The summed E-state index contributed by atoms with van der Waals surface area (Å²) in [7, 11) is 1.81. The van der Waals surface area contributed by atoms with E-state index in [9.17, 15) is 4.79 Å². The quantitative estimate of drug-likeness (QED) is 0.888. The average Bonchev–Trinajstić information content (AvgIpc) is 2.52. The number of hydrogen-bond donors (Lipinski definition) is 1. The molecule has 0 saturated heterocycles. The number of carbonyl (C=O) groups is 1. The molecule has 2 aromatic rings. The zero-order valence-electron chi connectivity index (χ0n) is 13.3. The summed E-state index contributed by atoms with van der Waals surface area (Å²) in [4.78, 5) is 22.8. The van der Waals surface area contributed by atoms with Gasteiger partial charge in [-0.2, -0.15) is 0 Å². The number of para-hydroxylation sites is 1. The van der Waals surface area contributed by atoms with Gasteiger partial charge >= 0.3 is 0 Å². The zero-order chi connectivity index (χ0) is 15.9. The van der Waals surface area contributed by atoms with E-state index in [-0.39, 0.29) is 5.91 Å². The third-order valence-electron chi connectivity index (χ3n) is 3.30. The molecule has 1 aromatic carbocycles. The Hall–Kier alpha value is -2.43. The van der Waals surface area contributed by atoms with E-state index in [0.29, 0.717) is 11.6 Å². The van der Waals surface area contributed by atoms with Crippen LogP contribution >= 0.6 is 0 Å². The molecule has 1 heterocycles. The first-order valence-electron chi connectivity index (χ1n) is 7.53. The molecule has 5 nitrogen and oxygen atoms in total. The summed E-state index contributed by atoms with van der Waals surface area (Å²) in [6.07, 6.45) is 2.04. The molecule has 1 N–H and O–H groups in total. The number of rotatable bonds is 6. The van der Waals surface area contributed by atoms with Crippen molar-refractivity contribution < 1.29 is 4.79 Å². The van der Waals surface area contributed by atoms with Gasteiger partial charge in [0.05, 0.1) is 0 Å². The van der Waals surface area contributed by atoms with E-state index in [0.717, 1.165) is 30.8 Å². The Morgan fingerprint density at radius 2 is 1.95 bits per heavy atom. The summed E-state index contributed by atoms with van der Waals surface area (Å²) >= 11 is 0. The SMILES string of the molecule is CCCCN(C)C(=O)c1cc(C)nc(Nc2ccccc2)n1. The van der Waals surface area contributed by atoms with Gasteiger partial charge in [-0.05, 0) is 31.5 Å². The number of hydrogen-bond acceptors (Lipinski definition) is 4. The molecule has 1 amide bonds. The molecule has 0 spiro atoms. The molecule has 0 unspecified atom stereocenters. The monoisotopic (exact) mass is 298 g/mol. The first-order chi connectivity index (χ1) is 10.6. The second kappa shape index (κ2) is 7.54. The minimum absolute atomic E-state index is 0.0740. The van der Waals surface area contributed by atoms with Crippen LogP contribution in [-0.2, 0) is 0 Å². The highest BCUT2D eigenvalue weighted by Crippen LogP contribution is 2.14. The second-order valence-electron chi connectivity index (χ2n) is 5.29. The van der Waals surface area contributed by atoms with Gasteiger partial charge in [0.2, 0.25) is 5.95 Å². The van der Waals surface area contributed by atoms with Gasteiger partial charge in [0.15, 0.2) is 0 Å². The highest BCUT2D eigenvalue weighted by atomic mass is 16.2. The van der Waals surface area contributed by atoms with E-state index < -0.39 is 0 Å². The first-order valence-corrected chi connectivity index (χ1v) is 7.53. The number of aromatic nitrogens is 2. The van der Waals surface area contributed by atoms with Gasteiger partial charge in [-0.25, -0.2) is 9.97 Å². The molecular weight excluding hydrogens is 276 g/mol. The van der Waals surface area contributed by atoms with Gasteiger partial charge in [0.25, 0.3) is 5.91 Å². The molecule has 0 saturated carbocycles. The van der Waals surface area contributed by atoms with Crippen LogP contribution in [0.15, 0.2) is 36.4 Å². The highest BCUT2D eigenvalue weighted by molar-refractivity contribution is 5.92. The summed E-state index contributed by atoms with van der Waals surface area (Å²) in [5.74, 6) is 0.369. The van der Waals surface area contributed by atoms with Crippen LogP contribution < -0.4 is 5.32 Å². The number of unbranched alkanes of at least 4 members (excludes halogenated alkanes) is 1. The third kappa shape index (κ3) is 4.28. The smallest absolute Gasteiger partial charge is 0.272 e. The zero-order valence-corrected chi connectivity index (χ0v) is 13.3. The Kier molecular flexibility index (Phi) is 5.47. The topological polar surface area (TPSA) is 58.1 Å². The van der Waals surface area contributed by atoms with Crippen molar-refractivity contribution in [3.05, 3.63) is 47.8 Å². The van der Waals surface area contributed by atoms with Crippen molar-refractivity contribution in [1.29, 1.82) is 0 Å². The van der Waals surface area contributed by atoms with E-state index in [4.69, 9.17) is 0 Å². The summed E-state index contributed by atoms with van der Waals surface area (Å²) < 4.78 is 0. The van der Waals surface area contributed by atoms with Crippen molar-refractivity contribution in [3.63, 3.8) is 0 Å². The Morgan fingerprint density at radius 1 is 1.23 bits per heavy atom. The number of carbonyl (C=O) groups excluding carboxylic acids is 1. The molecule has 0 atom stereocenters. The van der Waals surface area contributed by atoms with Gasteiger partial charge in [0, 0.05) is 25.0 Å². The first kappa shape index (κ1) is 15.9. The lowest BCUT2D eigenvalue weighted by Gasteiger charge is -2.16. The number of nitrogens with zero attached hydrogens (tertiary/aromatic N) is 3. The molecule has 5 heteroatoms. The predicted molar refractivity (Wildman–Crippen MR) is 88.4 cm³/mol. The predicted octanol–water partition coefficient (Wildman–Crippen LogP) is 3.40. The van der Waals surface area contributed by atoms with Gasteiger partial charge in [0.1, 0.15) is 5.69 Å². The fourth-order valence-electron chi connectivity index (χ4n) is 2.08. The molecule has 0 aliphatic carbocycles. The molecule has 0 radical (unpaired) electrons. The number of aryl methyl sites for hydroxylation is 1. The van der Waals surface area contributed by atoms with Crippen LogP contribution in [-0.4, -0.2) is 34.4 Å². The summed E-state index contributed by atoms with van der Waals surface area (Å²) in [6, 6.07) is 11.4. The lowest BCUT2D eigenvalue weighted by molar-refractivity contribution is 0.0787. The van der Waals surface area contributed by atoms with Gasteiger partial charge < -0.3 is 10.2 Å². The van der Waals surface area contributed by atoms with E-state index in [1.807, 2.05) is 37.3 Å². The molecule has 0 bridgehead atoms. The summed E-state index contributed by atoms with van der Waals surface area (Å²) in [6.45, 7) is 4.70. The molecular formula is C17H22N4O. The Balaban J connectivity index is 2.17. The lowest BCUT2D eigenvalue weighted by Crippen LogP contribution is -2.28.